The summed E-state index contributed by atoms with van der Waals surface area (Å²) in [6.45, 7) is -0.633. The SMILES string of the molecule is COc1ccc(O[C@H]2[C@@H](F)[C@H](n3ccc(=O)[nH]c3=O)O[C@@]2(CO)CCl)cc1. The molecule has 2 aromatic rings. The van der Waals surface area contributed by atoms with E-state index in [2.05, 4.69) is 0 Å². The summed E-state index contributed by atoms with van der Waals surface area (Å²) in [5.41, 5.74) is -3.05. The molecule has 10 heteroatoms. The maximum Gasteiger partial charge on any atom is 0.330 e. The van der Waals surface area contributed by atoms with Crippen molar-refractivity contribution < 1.29 is 23.7 Å². The third-order valence-electron chi connectivity index (χ3n) is 4.38. The number of methoxy groups -OCH3 is 1. The first kappa shape index (κ1) is 19.4. The Morgan fingerprint density at radius 3 is 2.52 bits per heavy atom. The van der Waals surface area contributed by atoms with E-state index < -0.39 is 42.0 Å². The first-order valence-electron chi connectivity index (χ1n) is 8.05. The van der Waals surface area contributed by atoms with E-state index in [1.165, 1.54) is 7.11 Å². The van der Waals surface area contributed by atoms with Crippen molar-refractivity contribution in [3.05, 3.63) is 57.4 Å². The van der Waals surface area contributed by atoms with E-state index in [0.29, 0.717) is 11.5 Å². The van der Waals surface area contributed by atoms with Gasteiger partial charge in [-0.05, 0) is 24.3 Å². The molecule has 1 aliphatic heterocycles. The topological polar surface area (TPSA) is 103 Å². The second kappa shape index (κ2) is 7.71. The van der Waals surface area contributed by atoms with Crippen LogP contribution in [-0.2, 0) is 4.74 Å². The van der Waals surface area contributed by atoms with Gasteiger partial charge in [-0.3, -0.25) is 14.3 Å². The summed E-state index contributed by atoms with van der Waals surface area (Å²) < 4.78 is 32.5. The highest BCUT2D eigenvalue weighted by atomic mass is 35.5. The number of benzene rings is 1. The molecular weight excluding hydrogens is 383 g/mol. The number of halogens is 2. The van der Waals surface area contributed by atoms with Crippen LogP contribution in [0.1, 0.15) is 6.23 Å². The van der Waals surface area contributed by atoms with Crippen LogP contribution in [0.2, 0.25) is 0 Å². The largest absolute Gasteiger partial charge is 0.497 e. The van der Waals surface area contributed by atoms with E-state index in [0.717, 1.165) is 16.8 Å². The fourth-order valence-corrected chi connectivity index (χ4v) is 3.20. The van der Waals surface area contributed by atoms with Gasteiger partial charge in [0, 0.05) is 12.3 Å². The van der Waals surface area contributed by atoms with Crippen LogP contribution < -0.4 is 20.7 Å². The zero-order chi connectivity index (χ0) is 19.6. The summed E-state index contributed by atoms with van der Waals surface area (Å²) in [4.78, 5) is 25.3. The predicted molar refractivity (Wildman–Crippen MR) is 94.3 cm³/mol. The van der Waals surface area contributed by atoms with Gasteiger partial charge in [0.25, 0.3) is 5.56 Å². The highest BCUT2D eigenvalue weighted by Gasteiger charge is 2.58. The van der Waals surface area contributed by atoms with E-state index in [9.17, 15) is 14.7 Å². The quantitative estimate of drug-likeness (QED) is 0.696. The van der Waals surface area contributed by atoms with Crippen LogP contribution in [0.3, 0.4) is 0 Å². The van der Waals surface area contributed by atoms with Gasteiger partial charge in [0.15, 0.2) is 18.5 Å². The Bertz CT molecular complexity index is 895. The minimum atomic E-state index is -1.85. The monoisotopic (exact) mass is 400 g/mol. The van der Waals surface area contributed by atoms with Crippen molar-refractivity contribution in [3.8, 4) is 11.5 Å². The molecule has 8 nitrogen and oxygen atoms in total. The molecular formula is C17H18ClFN2O6. The number of rotatable bonds is 6. The Balaban J connectivity index is 1.94. The lowest BCUT2D eigenvalue weighted by atomic mass is 9.98. The molecule has 1 fully saturated rings. The van der Waals surface area contributed by atoms with E-state index in [1.54, 1.807) is 24.3 Å². The molecule has 3 rings (SSSR count). The van der Waals surface area contributed by atoms with Gasteiger partial charge in [-0.25, -0.2) is 9.18 Å². The molecule has 146 valence electrons. The Hall–Kier alpha value is -2.36. The van der Waals surface area contributed by atoms with E-state index >= 15 is 4.39 Å². The van der Waals surface area contributed by atoms with Crippen molar-refractivity contribution in [2.45, 2.75) is 24.1 Å². The lowest BCUT2D eigenvalue weighted by molar-refractivity contribution is -0.111. The molecule has 0 unspecified atom stereocenters. The van der Waals surface area contributed by atoms with Gasteiger partial charge in [0.05, 0.1) is 19.6 Å². The molecule has 4 atom stereocenters. The number of nitrogens with zero attached hydrogens (tertiary/aromatic N) is 1. The maximum atomic E-state index is 15.2. The second-order valence-electron chi connectivity index (χ2n) is 6.04. The molecule has 1 aromatic carbocycles. The van der Waals surface area contributed by atoms with Crippen LogP contribution in [0.4, 0.5) is 4.39 Å². The van der Waals surface area contributed by atoms with Gasteiger partial charge in [-0.1, -0.05) is 0 Å². The Labute approximate surface area is 158 Å². The van der Waals surface area contributed by atoms with Crippen LogP contribution in [0.5, 0.6) is 11.5 Å². The number of hydrogen-bond acceptors (Lipinski definition) is 6. The van der Waals surface area contributed by atoms with Crippen molar-refractivity contribution in [2.24, 2.45) is 0 Å². The van der Waals surface area contributed by atoms with Gasteiger partial charge in [-0.15, -0.1) is 11.6 Å². The predicted octanol–water partition coefficient (Wildman–Crippen LogP) is 0.830. The van der Waals surface area contributed by atoms with Gasteiger partial charge in [0.2, 0.25) is 0 Å². The first-order chi connectivity index (χ1) is 12.9. The first-order valence-corrected chi connectivity index (χ1v) is 8.58. The fourth-order valence-electron chi connectivity index (χ4n) is 2.90. The number of hydrogen-bond donors (Lipinski definition) is 2. The number of aromatic amines is 1. The van der Waals surface area contributed by atoms with Crippen LogP contribution in [0, 0.1) is 0 Å². The second-order valence-corrected chi connectivity index (χ2v) is 6.31. The average Bonchev–Trinajstić information content (AvgIpc) is 2.95. The summed E-state index contributed by atoms with van der Waals surface area (Å²) in [5, 5.41) is 9.82. The number of aliphatic hydroxyl groups excluding tert-OH is 1. The molecule has 2 heterocycles. The normalized spacial score (nSPS) is 27.5. The summed E-state index contributed by atoms with van der Waals surface area (Å²) in [7, 11) is 1.51. The highest BCUT2D eigenvalue weighted by Crippen LogP contribution is 2.41. The molecule has 0 aliphatic carbocycles. The molecule has 27 heavy (non-hydrogen) atoms. The van der Waals surface area contributed by atoms with Gasteiger partial charge < -0.3 is 19.3 Å². The van der Waals surface area contributed by atoms with E-state index in [1.807, 2.05) is 4.98 Å². The molecule has 0 bridgehead atoms. The Morgan fingerprint density at radius 2 is 1.96 bits per heavy atom. The van der Waals surface area contributed by atoms with Crippen LogP contribution in [0.15, 0.2) is 46.1 Å². The van der Waals surface area contributed by atoms with Crippen molar-refractivity contribution >= 4 is 11.6 Å². The number of ether oxygens (including phenoxy) is 3. The third-order valence-corrected chi connectivity index (χ3v) is 4.83. The Kier molecular flexibility index (Phi) is 5.54. The van der Waals surface area contributed by atoms with E-state index in [4.69, 9.17) is 25.8 Å². The summed E-state index contributed by atoms with van der Waals surface area (Å²) in [6, 6.07) is 7.46. The minimum absolute atomic E-state index is 0.278. The number of H-pyrrole nitrogens is 1. The molecule has 0 spiro atoms. The lowest BCUT2D eigenvalue weighted by Gasteiger charge is -2.30. The summed E-state index contributed by atoms with van der Waals surface area (Å²) in [5.74, 6) is 0.619. The minimum Gasteiger partial charge on any atom is -0.497 e. The molecule has 0 saturated carbocycles. The van der Waals surface area contributed by atoms with Gasteiger partial charge in [0.1, 0.15) is 17.1 Å². The fraction of sp³-hybridized carbons (Fsp3) is 0.412. The van der Waals surface area contributed by atoms with Crippen LogP contribution >= 0.6 is 11.6 Å². The molecule has 0 amide bonds. The molecule has 2 N–H and O–H groups in total. The van der Waals surface area contributed by atoms with Crippen molar-refractivity contribution in [2.75, 3.05) is 19.6 Å². The number of nitrogens with one attached hydrogen (secondary N) is 1. The summed E-state index contributed by atoms with van der Waals surface area (Å²) in [6.07, 6.45) is -3.45. The van der Waals surface area contributed by atoms with Crippen molar-refractivity contribution in [1.82, 2.24) is 9.55 Å². The molecule has 1 aliphatic rings. The zero-order valence-corrected chi connectivity index (χ0v) is 15.1. The number of aliphatic hydroxyl groups is 1. The smallest absolute Gasteiger partial charge is 0.330 e. The zero-order valence-electron chi connectivity index (χ0n) is 14.3. The van der Waals surface area contributed by atoms with Crippen LogP contribution in [-0.4, -0.2) is 52.1 Å². The lowest BCUT2D eigenvalue weighted by Crippen LogP contribution is -2.50. The third kappa shape index (κ3) is 3.58. The van der Waals surface area contributed by atoms with Crippen molar-refractivity contribution in [3.63, 3.8) is 0 Å². The Morgan fingerprint density at radius 1 is 1.30 bits per heavy atom. The summed E-state index contributed by atoms with van der Waals surface area (Å²) >= 11 is 5.96. The average molecular weight is 401 g/mol. The number of aromatic nitrogens is 2. The van der Waals surface area contributed by atoms with Gasteiger partial charge in [-0.2, -0.15) is 0 Å². The maximum absolute atomic E-state index is 15.2. The number of alkyl halides is 2. The standard InChI is InChI=1S/C17H18ClFN2O6/c1-25-10-2-4-11(5-3-10)26-14-13(19)15(27-17(14,8-18)9-22)21-7-6-12(23)20-16(21)24/h2-7,13-15,22H,8-9H2,1H3,(H,20,23,24)/t13-,14+,15-,17-/m1/s1. The highest BCUT2D eigenvalue weighted by molar-refractivity contribution is 6.18. The molecule has 0 radical (unpaired) electrons. The van der Waals surface area contributed by atoms with E-state index in [-0.39, 0.29) is 5.88 Å². The molecule has 1 saturated heterocycles. The molecule has 1 aromatic heterocycles. The van der Waals surface area contributed by atoms with Crippen LogP contribution in [0.25, 0.3) is 0 Å². The van der Waals surface area contributed by atoms with Crippen molar-refractivity contribution in [1.29, 1.82) is 0 Å². The van der Waals surface area contributed by atoms with Gasteiger partial charge >= 0.3 is 5.69 Å².